The molecule has 0 aromatic carbocycles. The number of halogens is 1. The molecule has 8 rings (SSSR count). The van der Waals surface area contributed by atoms with E-state index in [0.29, 0.717) is 11.4 Å². The normalized spacial score (nSPS) is 14.4. The lowest BCUT2D eigenvalue weighted by atomic mass is 9.98. The zero-order chi connectivity index (χ0) is 43.7. The van der Waals surface area contributed by atoms with Crippen molar-refractivity contribution in [2.75, 3.05) is 12.8 Å². The number of carbonyl (C=O) groups is 5. The van der Waals surface area contributed by atoms with Crippen molar-refractivity contribution < 1.29 is 47.7 Å². The van der Waals surface area contributed by atoms with Gasteiger partial charge in [-0.3, -0.25) is 29.7 Å². The van der Waals surface area contributed by atoms with Crippen molar-refractivity contribution in [3.05, 3.63) is 156 Å². The summed E-state index contributed by atoms with van der Waals surface area (Å²) in [7, 11) is 1.33. The number of ketones is 1. The average Bonchev–Trinajstić information content (AvgIpc) is 3.20. The quantitative estimate of drug-likeness (QED) is 0.0775. The van der Waals surface area contributed by atoms with Crippen LogP contribution in [0.2, 0.25) is 5.02 Å². The van der Waals surface area contributed by atoms with Crippen LogP contribution in [-0.2, 0) is 55.7 Å². The van der Waals surface area contributed by atoms with Gasteiger partial charge in [-0.05, 0) is 72.5 Å². The number of allylic oxidation sites excluding steroid dienone is 3. The van der Waals surface area contributed by atoms with Gasteiger partial charge in [0.2, 0.25) is 0 Å². The Balaban J connectivity index is 0.000000783. The van der Waals surface area contributed by atoms with Gasteiger partial charge in [0.25, 0.3) is 11.6 Å². The van der Waals surface area contributed by atoms with Crippen LogP contribution in [-0.4, -0.2) is 73.3 Å². The van der Waals surface area contributed by atoms with E-state index in [2.05, 4.69) is 29.7 Å². The number of pyridine rings is 5. The van der Waals surface area contributed by atoms with Crippen molar-refractivity contribution >= 4 is 57.9 Å². The van der Waals surface area contributed by atoms with Crippen LogP contribution in [0.3, 0.4) is 0 Å². The van der Waals surface area contributed by atoms with Crippen LogP contribution in [0, 0.1) is 0 Å². The van der Waals surface area contributed by atoms with Gasteiger partial charge in [-0.2, -0.15) is 0 Å². The van der Waals surface area contributed by atoms with Gasteiger partial charge in [-0.1, -0.05) is 53.5 Å². The van der Waals surface area contributed by atoms with Crippen molar-refractivity contribution in [1.82, 2.24) is 24.9 Å². The molecular formula is C47H57ClN6O10. The molecule has 0 amide bonds. The van der Waals surface area contributed by atoms with E-state index < -0.39 is 35.5 Å². The van der Waals surface area contributed by atoms with Crippen LogP contribution in [0.15, 0.2) is 134 Å². The predicted octanol–water partition coefficient (Wildman–Crippen LogP) is 8.61. The van der Waals surface area contributed by atoms with Gasteiger partial charge < -0.3 is 29.4 Å². The number of nitrogen functional groups attached to an aromatic ring is 1. The number of rotatable bonds is 3. The molecule has 16 nitrogen and oxygen atoms in total. The molecule has 0 saturated carbocycles. The third kappa shape index (κ3) is 17.6. The molecule has 5 aromatic rings. The average molecular weight is 901 g/mol. The number of nitrogens with zero attached hydrogens (tertiary/aromatic N) is 5. The number of methoxy groups -OCH3 is 1. The third-order valence-electron chi connectivity index (χ3n) is 7.74. The number of hydrogen-bond donors (Lipinski definition) is 1. The lowest BCUT2D eigenvalue weighted by molar-refractivity contribution is -0.224. The highest BCUT2D eigenvalue weighted by Crippen LogP contribution is 2.24. The molecule has 7 heterocycles. The molecule has 1 aliphatic carbocycles. The number of esters is 4. The van der Waals surface area contributed by atoms with Crippen LogP contribution in [0.1, 0.15) is 78.9 Å². The minimum absolute atomic E-state index is 0. The zero-order valence-corrected chi connectivity index (χ0v) is 34.0. The number of nitrogens with two attached hydrogens (primary N) is 1. The van der Waals surface area contributed by atoms with Crippen molar-refractivity contribution in [3.63, 3.8) is 0 Å². The molecule has 0 spiro atoms. The Labute approximate surface area is 379 Å². The second kappa shape index (κ2) is 26.9. The van der Waals surface area contributed by atoms with Crippen molar-refractivity contribution in [3.8, 4) is 0 Å². The Morgan fingerprint density at radius 2 is 1.17 bits per heavy atom. The molecule has 17 heteroatoms. The van der Waals surface area contributed by atoms with Crippen molar-refractivity contribution in [2.24, 2.45) is 0 Å². The maximum absolute atomic E-state index is 11.6. The minimum atomic E-state index is -1.20. The fourth-order valence-corrected chi connectivity index (χ4v) is 5.17. The fraction of sp³-hybridized carbons (Fsp3) is 0.277. The van der Waals surface area contributed by atoms with Crippen molar-refractivity contribution in [1.29, 1.82) is 0 Å². The predicted molar refractivity (Wildman–Crippen MR) is 245 cm³/mol. The van der Waals surface area contributed by atoms with Gasteiger partial charge in [-0.15, -0.1) is 0 Å². The van der Waals surface area contributed by atoms with Gasteiger partial charge in [0.1, 0.15) is 11.8 Å². The Morgan fingerprint density at radius 3 is 1.67 bits per heavy atom. The maximum atomic E-state index is 11.6. The smallest absolute Gasteiger partial charge is 0.352 e. The molecule has 3 aliphatic rings. The summed E-state index contributed by atoms with van der Waals surface area (Å²) in [5.74, 6) is -5.08. The van der Waals surface area contributed by atoms with Gasteiger partial charge >= 0.3 is 23.9 Å². The number of aromatic nitrogens is 5. The summed E-state index contributed by atoms with van der Waals surface area (Å²) in [4.78, 5) is 76.3. The van der Waals surface area contributed by atoms with Gasteiger partial charge in [0, 0.05) is 100 Å². The summed E-state index contributed by atoms with van der Waals surface area (Å²) in [6.45, 7) is 5.99. The number of cyclic esters (lactones) is 4. The van der Waals surface area contributed by atoms with Crippen molar-refractivity contribution in [2.45, 2.75) is 81.8 Å². The SMILES string of the molecule is C.C.C.C.CC1(C)OC(=O)C(=CCc2ccncc2)C(=O)O1.COC=C1C(=O)OC(C)(C)OC1=O.Clc1ccnc2ccncc12.Nc1ccncc1.O=C1C=CCc2ccncc21. The molecule has 2 aliphatic heterocycles. The monoisotopic (exact) mass is 900 g/mol. The molecule has 0 bridgehead atoms. The fourth-order valence-electron chi connectivity index (χ4n) is 4.97. The van der Waals surface area contributed by atoms with E-state index in [4.69, 9.17) is 36.3 Å². The number of fused-ring (bicyclic) bond motifs is 2. The Bertz CT molecular complexity index is 2360. The van der Waals surface area contributed by atoms with E-state index in [-0.39, 0.29) is 46.6 Å². The minimum Gasteiger partial charge on any atom is -0.503 e. The van der Waals surface area contributed by atoms with Crippen LogP contribution in [0.5, 0.6) is 0 Å². The summed E-state index contributed by atoms with van der Waals surface area (Å²) < 4.78 is 24.0. The topological polar surface area (TPSA) is 222 Å². The summed E-state index contributed by atoms with van der Waals surface area (Å²) in [5.41, 5.74) is 9.43. The lowest BCUT2D eigenvalue weighted by Gasteiger charge is -2.29. The second-order valence-corrected chi connectivity index (χ2v) is 13.7. The first-order chi connectivity index (χ1) is 28.6. The van der Waals surface area contributed by atoms with Crippen LogP contribution >= 0.6 is 11.6 Å². The Hall–Kier alpha value is -7.33. The molecule has 0 unspecified atom stereocenters. The van der Waals surface area contributed by atoms with E-state index >= 15 is 0 Å². The largest absolute Gasteiger partial charge is 0.503 e. The Kier molecular flexibility index (Phi) is 23.8. The second-order valence-electron chi connectivity index (χ2n) is 13.3. The number of carbonyl (C=O) groups excluding carboxylic acids is 5. The molecule has 2 N–H and O–H groups in total. The van der Waals surface area contributed by atoms with Crippen LogP contribution in [0.4, 0.5) is 5.69 Å². The molecular weight excluding hydrogens is 844 g/mol. The number of ether oxygens (including phenoxy) is 5. The first-order valence-electron chi connectivity index (χ1n) is 18.0. The van der Waals surface area contributed by atoms with E-state index in [9.17, 15) is 24.0 Å². The maximum Gasteiger partial charge on any atom is 0.352 e. The molecule has 342 valence electrons. The summed E-state index contributed by atoms with van der Waals surface area (Å²) >= 11 is 5.88. The highest BCUT2D eigenvalue weighted by atomic mass is 35.5. The van der Waals surface area contributed by atoms with E-state index in [1.165, 1.54) is 40.9 Å². The number of anilines is 1. The third-order valence-corrected chi connectivity index (χ3v) is 8.07. The van der Waals surface area contributed by atoms with Gasteiger partial charge in [0.15, 0.2) is 11.4 Å². The first kappa shape index (κ1) is 56.7. The summed E-state index contributed by atoms with van der Waals surface area (Å²) in [5, 5.41) is 1.60. The molecule has 5 aromatic heterocycles. The summed E-state index contributed by atoms with van der Waals surface area (Å²) in [6, 6.07) is 12.6. The molecule has 2 saturated heterocycles. The highest BCUT2D eigenvalue weighted by Gasteiger charge is 2.40. The van der Waals surface area contributed by atoms with E-state index in [1.807, 2.05) is 18.2 Å². The standard InChI is InChI=1S/C13H13NO4.C9H7NO.C8H5ClN2.C8H10O5.C5H6N2.4CH4/c1-13(2)17-11(15)10(12(16)18-13)4-3-9-5-7-14-8-6-9;11-9-3-1-2-7-4-5-10-6-8(7)9;9-7-1-4-11-8-2-3-10-5-6(7)8;1-8(2)12-6(9)5(4-11-3)7(10)13-8;6-5-1-3-7-4-2-5;;;;/h4-8H,3H2,1-2H3;1,3-6H,2H2;1-5H;4H,1-3H3;1-4H,(H2,6,7);4*1H4. The number of hydrogen-bond acceptors (Lipinski definition) is 16. The van der Waals surface area contributed by atoms with Gasteiger partial charge in [0.05, 0.1) is 17.6 Å². The van der Waals surface area contributed by atoms with Gasteiger partial charge in [-0.25, -0.2) is 19.2 Å². The van der Waals surface area contributed by atoms with Crippen LogP contribution < -0.4 is 5.73 Å². The van der Waals surface area contributed by atoms with E-state index in [1.54, 1.807) is 92.2 Å². The Morgan fingerprint density at radius 1 is 0.672 bits per heavy atom. The molecule has 0 atom stereocenters. The lowest BCUT2D eigenvalue weighted by Crippen LogP contribution is -2.41. The highest BCUT2D eigenvalue weighted by molar-refractivity contribution is 6.35. The molecule has 2 fully saturated rings. The summed E-state index contributed by atoms with van der Waals surface area (Å²) in [6.07, 6.45) is 22.3. The molecule has 64 heavy (non-hydrogen) atoms. The first-order valence-corrected chi connectivity index (χ1v) is 18.4. The molecule has 0 radical (unpaired) electrons. The van der Waals surface area contributed by atoms with Crippen LogP contribution in [0.25, 0.3) is 10.9 Å². The zero-order valence-electron chi connectivity index (χ0n) is 33.2. The van der Waals surface area contributed by atoms with E-state index in [0.717, 1.165) is 46.0 Å².